The van der Waals surface area contributed by atoms with Crippen LogP contribution in [0.1, 0.15) is 37.0 Å². The maximum absolute atomic E-state index is 12.5. The molecule has 0 saturated carbocycles. The number of halogens is 2. The Labute approximate surface area is 145 Å². The standard InChI is InChI=1S/C16H19Cl2N3O2/c1-9(2)15(23)21-7-5-16(6-8-21)19-11-4-3-10(17)13(18)12(11)14(22)20-16/h3-4,9,19H,5-8H2,1-2H3,(H,20,22). The topological polar surface area (TPSA) is 61.4 Å². The second-order valence-electron chi connectivity index (χ2n) is 6.43. The van der Waals surface area contributed by atoms with E-state index in [4.69, 9.17) is 23.2 Å². The number of benzene rings is 1. The molecule has 0 bridgehead atoms. The normalized spacial score (nSPS) is 19.3. The van der Waals surface area contributed by atoms with Gasteiger partial charge in [0, 0.05) is 31.8 Å². The minimum Gasteiger partial charge on any atom is -0.362 e. The molecule has 2 amide bonds. The summed E-state index contributed by atoms with van der Waals surface area (Å²) in [6.45, 7) is 5.02. The molecule has 23 heavy (non-hydrogen) atoms. The molecule has 2 N–H and O–H groups in total. The summed E-state index contributed by atoms with van der Waals surface area (Å²) in [6.07, 6.45) is 1.30. The van der Waals surface area contributed by atoms with Gasteiger partial charge in [0.25, 0.3) is 5.91 Å². The molecule has 0 aromatic heterocycles. The first-order valence-corrected chi connectivity index (χ1v) is 8.46. The van der Waals surface area contributed by atoms with Crippen LogP contribution in [0.25, 0.3) is 0 Å². The lowest BCUT2D eigenvalue weighted by atomic mass is 9.92. The summed E-state index contributed by atoms with van der Waals surface area (Å²) in [4.78, 5) is 26.4. The number of hydrogen-bond acceptors (Lipinski definition) is 3. The largest absolute Gasteiger partial charge is 0.362 e. The highest BCUT2D eigenvalue weighted by Crippen LogP contribution is 2.37. The minimum absolute atomic E-state index is 0.0142. The van der Waals surface area contributed by atoms with E-state index >= 15 is 0 Å². The molecule has 3 rings (SSSR count). The zero-order chi connectivity index (χ0) is 16.8. The van der Waals surface area contributed by atoms with Crippen molar-refractivity contribution in [1.82, 2.24) is 10.2 Å². The summed E-state index contributed by atoms with van der Waals surface area (Å²) in [6, 6.07) is 3.45. The number of carbonyl (C=O) groups is 2. The third-order valence-corrected chi connectivity index (χ3v) is 5.28. The number of rotatable bonds is 1. The predicted octanol–water partition coefficient (Wildman–Crippen LogP) is 3.12. The molecule has 1 aromatic rings. The van der Waals surface area contributed by atoms with E-state index in [1.54, 1.807) is 12.1 Å². The Kier molecular flexibility index (Phi) is 4.19. The highest BCUT2D eigenvalue weighted by Gasteiger charge is 2.42. The van der Waals surface area contributed by atoms with Crippen LogP contribution in [0, 0.1) is 5.92 Å². The first kappa shape index (κ1) is 16.4. The summed E-state index contributed by atoms with van der Waals surface area (Å²) >= 11 is 12.1. The number of nitrogens with zero attached hydrogens (tertiary/aromatic N) is 1. The fourth-order valence-electron chi connectivity index (χ4n) is 3.17. The number of carbonyl (C=O) groups excluding carboxylic acids is 2. The molecule has 2 aliphatic rings. The van der Waals surface area contributed by atoms with Crippen LogP contribution in [-0.2, 0) is 4.79 Å². The smallest absolute Gasteiger partial charge is 0.256 e. The summed E-state index contributed by atoms with van der Waals surface area (Å²) in [7, 11) is 0. The van der Waals surface area contributed by atoms with E-state index in [-0.39, 0.29) is 22.8 Å². The Hall–Kier alpha value is -1.46. The number of nitrogens with one attached hydrogen (secondary N) is 2. The lowest BCUT2D eigenvalue weighted by molar-refractivity contribution is -0.136. The van der Waals surface area contributed by atoms with E-state index in [0.29, 0.717) is 42.2 Å². The molecule has 0 aliphatic carbocycles. The summed E-state index contributed by atoms with van der Waals surface area (Å²) in [5.41, 5.74) is 0.534. The predicted molar refractivity (Wildman–Crippen MR) is 90.9 cm³/mol. The first-order chi connectivity index (χ1) is 10.8. The minimum atomic E-state index is -0.533. The van der Waals surface area contributed by atoms with Crippen LogP contribution in [0.3, 0.4) is 0 Å². The van der Waals surface area contributed by atoms with Crippen molar-refractivity contribution in [2.75, 3.05) is 18.4 Å². The number of amides is 2. The van der Waals surface area contributed by atoms with Crippen LogP contribution in [0.4, 0.5) is 5.69 Å². The molecule has 0 radical (unpaired) electrons. The quantitative estimate of drug-likeness (QED) is 0.813. The lowest BCUT2D eigenvalue weighted by Gasteiger charge is -2.46. The molecule has 2 aliphatic heterocycles. The van der Waals surface area contributed by atoms with Crippen LogP contribution in [0.5, 0.6) is 0 Å². The van der Waals surface area contributed by atoms with E-state index < -0.39 is 5.66 Å². The molecule has 124 valence electrons. The Morgan fingerprint density at radius 3 is 2.48 bits per heavy atom. The van der Waals surface area contributed by atoms with Crippen molar-refractivity contribution < 1.29 is 9.59 Å². The SMILES string of the molecule is CC(C)C(=O)N1CCC2(CC1)NC(=O)c1c(ccc(Cl)c1Cl)N2. The maximum atomic E-state index is 12.5. The van der Waals surface area contributed by atoms with Crippen molar-refractivity contribution in [3.05, 3.63) is 27.7 Å². The van der Waals surface area contributed by atoms with Gasteiger partial charge in [-0.2, -0.15) is 0 Å². The monoisotopic (exact) mass is 355 g/mol. The number of hydrogen-bond donors (Lipinski definition) is 2. The second kappa shape index (κ2) is 5.87. The fourth-order valence-corrected chi connectivity index (χ4v) is 3.58. The molecule has 1 aromatic carbocycles. The van der Waals surface area contributed by atoms with Gasteiger partial charge in [-0.15, -0.1) is 0 Å². The van der Waals surface area contributed by atoms with Gasteiger partial charge in [0.05, 0.1) is 21.3 Å². The molecule has 7 heteroatoms. The van der Waals surface area contributed by atoms with Gasteiger partial charge in [-0.25, -0.2) is 0 Å². The lowest BCUT2D eigenvalue weighted by Crippen LogP contribution is -2.63. The van der Waals surface area contributed by atoms with Crippen LogP contribution in [0.2, 0.25) is 10.0 Å². The molecular formula is C16H19Cl2N3O2. The fraction of sp³-hybridized carbons (Fsp3) is 0.500. The van der Waals surface area contributed by atoms with Gasteiger partial charge in [-0.05, 0) is 12.1 Å². The van der Waals surface area contributed by atoms with Crippen molar-refractivity contribution in [2.24, 2.45) is 5.92 Å². The van der Waals surface area contributed by atoms with Crippen molar-refractivity contribution in [3.63, 3.8) is 0 Å². The van der Waals surface area contributed by atoms with E-state index in [1.807, 2.05) is 18.7 Å². The van der Waals surface area contributed by atoms with Crippen LogP contribution in [0.15, 0.2) is 12.1 Å². The third-order valence-electron chi connectivity index (χ3n) is 4.47. The number of piperidine rings is 1. The number of anilines is 1. The zero-order valence-corrected chi connectivity index (χ0v) is 14.6. The van der Waals surface area contributed by atoms with E-state index in [0.717, 1.165) is 0 Å². The Balaban J connectivity index is 1.80. The van der Waals surface area contributed by atoms with E-state index in [1.165, 1.54) is 0 Å². The van der Waals surface area contributed by atoms with E-state index in [9.17, 15) is 9.59 Å². The third kappa shape index (κ3) is 2.88. The highest BCUT2D eigenvalue weighted by molar-refractivity contribution is 6.44. The van der Waals surface area contributed by atoms with E-state index in [2.05, 4.69) is 10.6 Å². The highest BCUT2D eigenvalue weighted by atomic mass is 35.5. The van der Waals surface area contributed by atoms with Crippen molar-refractivity contribution in [1.29, 1.82) is 0 Å². The maximum Gasteiger partial charge on any atom is 0.256 e. The van der Waals surface area contributed by atoms with Gasteiger partial charge >= 0.3 is 0 Å². The van der Waals surface area contributed by atoms with Gasteiger partial charge in [0.1, 0.15) is 5.66 Å². The molecule has 1 spiro atoms. The molecule has 5 nitrogen and oxygen atoms in total. The Morgan fingerprint density at radius 2 is 1.87 bits per heavy atom. The molecular weight excluding hydrogens is 337 g/mol. The second-order valence-corrected chi connectivity index (χ2v) is 7.21. The van der Waals surface area contributed by atoms with Gasteiger partial charge in [0.2, 0.25) is 5.91 Å². The summed E-state index contributed by atoms with van der Waals surface area (Å²) in [5, 5.41) is 7.02. The van der Waals surface area contributed by atoms with Crippen molar-refractivity contribution in [3.8, 4) is 0 Å². The number of likely N-dealkylation sites (tertiary alicyclic amines) is 1. The molecule has 1 saturated heterocycles. The van der Waals surface area contributed by atoms with Gasteiger partial charge in [-0.3, -0.25) is 9.59 Å². The van der Waals surface area contributed by atoms with Crippen molar-refractivity contribution >= 4 is 40.7 Å². The zero-order valence-electron chi connectivity index (χ0n) is 13.1. The van der Waals surface area contributed by atoms with Crippen LogP contribution < -0.4 is 10.6 Å². The average molecular weight is 356 g/mol. The van der Waals surface area contributed by atoms with Crippen LogP contribution in [-0.4, -0.2) is 35.5 Å². The molecule has 1 fully saturated rings. The Bertz CT molecular complexity index is 668. The molecule has 0 unspecified atom stereocenters. The van der Waals surface area contributed by atoms with Gasteiger partial charge < -0.3 is 15.5 Å². The van der Waals surface area contributed by atoms with Gasteiger partial charge in [-0.1, -0.05) is 37.0 Å². The number of fused-ring (bicyclic) bond motifs is 1. The van der Waals surface area contributed by atoms with Crippen LogP contribution >= 0.6 is 23.2 Å². The summed E-state index contributed by atoms with van der Waals surface area (Å²) < 4.78 is 0. The van der Waals surface area contributed by atoms with Crippen molar-refractivity contribution in [2.45, 2.75) is 32.4 Å². The Morgan fingerprint density at radius 1 is 1.22 bits per heavy atom. The molecule has 2 heterocycles. The first-order valence-electron chi connectivity index (χ1n) is 7.70. The average Bonchev–Trinajstić information content (AvgIpc) is 2.50. The molecule has 0 atom stereocenters. The van der Waals surface area contributed by atoms with Gasteiger partial charge in [0.15, 0.2) is 0 Å². The summed E-state index contributed by atoms with van der Waals surface area (Å²) in [5.74, 6) is -0.0910.